The van der Waals surface area contributed by atoms with Crippen molar-refractivity contribution < 1.29 is 14.4 Å². The Morgan fingerprint density at radius 1 is 0.738 bits per heavy atom. The highest BCUT2D eigenvalue weighted by Crippen LogP contribution is 2.47. The van der Waals surface area contributed by atoms with Crippen LogP contribution in [0, 0.1) is 28.6 Å². The molecule has 0 unspecified atom stereocenters. The molecule has 0 aromatic carbocycles. The fraction of sp³-hybridized carbons (Fsp3) is 0.463. The Hall–Kier alpha value is -6.88. The Balaban J connectivity index is 0.000000173. The molecular formula is C41H51N17O3. The molecule has 61 heavy (non-hydrogen) atoms. The molecule has 3 amide bonds. The van der Waals surface area contributed by atoms with Crippen LogP contribution in [0.3, 0.4) is 0 Å². The highest BCUT2D eigenvalue weighted by Gasteiger charge is 2.54. The maximum atomic E-state index is 13.0. The average molecular weight is 830 g/mol. The van der Waals surface area contributed by atoms with E-state index in [1.54, 1.807) is 32.5 Å². The number of carbonyl (C=O) groups is 3. The summed E-state index contributed by atoms with van der Waals surface area (Å²) in [7, 11) is 0. The predicted octanol–water partition coefficient (Wildman–Crippen LogP) is 2.79. The van der Waals surface area contributed by atoms with Gasteiger partial charge < -0.3 is 32.3 Å². The molecule has 1 aliphatic carbocycles. The number of fused-ring (bicyclic) bond motifs is 2. The van der Waals surface area contributed by atoms with Crippen LogP contribution in [0.1, 0.15) is 74.1 Å². The third-order valence-electron chi connectivity index (χ3n) is 12.2. The molecule has 8 heterocycles. The monoisotopic (exact) mass is 829 g/mol. The smallest absolute Gasteiger partial charge is 0.252 e. The Morgan fingerprint density at radius 2 is 1.26 bits per heavy atom. The van der Waals surface area contributed by atoms with Crippen LogP contribution in [-0.2, 0) is 17.9 Å². The molecular weight excluding hydrogens is 779 g/mol. The van der Waals surface area contributed by atoms with Gasteiger partial charge in [0.25, 0.3) is 11.8 Å². The molecule has 9 rings (SSSR count). The summed E-state index contributed by atoms with van der Waals surface area (Å²) in [4.78, 5) is 48.4. The van der Waals surface area contributed by atoms with E-state index in [4.69, 9.17) is 21.4 Å². The number of rotatable bonds is 13. The first kappa shape index (κ1) is 40.9. The van der Waals surface area contributed by atoms with Crippen molar-refractivity contribution in [1.82, 2.24) is 59.0 Å². The molecule has 0 spiro atoms. The molecule has 0 radical (unpaired) electrons. The molecule has 4 atom stereocenters. The molecule has 7 N–H and O–H groups in total. The highest BCUT2D eigenvalue weighted by molar-refractivity contribution is 6.02. The second kappa shape index (κ2) is 16.6. The van der Waals surface area contributed by atoms with Gasteiger partial charge in [0, 0.05) is 74.9 Å². The largest absolute Gasteiger partial charge is 0.377 e. The summed E-state index contributed by atoms with van der Waals surface area (Å²) in [6.07, 6.45) is 17.1. The van der Waals surface area contributed by atoms with Crippen molar-refractivity contribution >= 4 is 40.4 Å². The van der Waals surface area contributed by atoms with Crippen molar-refractivity contribution in [2.75, 3.05) is 36.8 Å². The lowest BCUT2D eigenvalue weighted by Crippen LogP contribution is -2.36. The number of nitrogens with two attached hydrogens (primary N) is 2. The second-order valence-electron chi connectivity index (χ2n) is 16.0. The number of nitrogens with zero attached hydrogens (tertiary/aromatic N) is 12. The first-order valence-electron chi connectivity index (χ1n) is 20.9. The minimum absolute atomic E-state index is 0.0937. The summed E-state index contributed by atoms with van der Waals surface area (Å²) in [5.74, 6) is -0.583. The molecule has 20 nitrogen and oxygen atoms in total. The van der Waals surface area contributed by atoms with Gasteiger partial charge in [0.15, 0.2) is 11.3 Å². The van der Waals surface area contributed by atoms with Gasteiger partial charge in [0.2, 0.25) is 5.91 Å². The number of aryl methyl sites for hydroxylation is 2. The van der Waals surface area contributed by atoms with E-state index in [9.17, 15) is 19.6 Å². The lowest BCUT2D eigenvalue weighted by molar-refractivity contribution is -0.134. The fourth-order valence-electron chi connectivity index (χ4n) is 8.26. The number of hydrogen-bond acceptors (Lipinski definition) is 13. The van der Waals surface area contributed by atoms with E-state index in [0.717, 1.165) is 55.8 Å². The molecule has 2 saturated heterocycles. The minimum atomic E-state index is -0.851. The first-order chi connectivity index (χ1) is 29.5. The number of carbonyl (C=O) groups excluding carboxylic acids is 3. The summed E-state index contributed by atoms with van der Waals surface area (Å²) in [5.41, 5.74) is 16.4. The quantitative estimate of drug-likeness (QED) is 0.112. The standard InChI is InChI=1S/C23H27N9O2.C18H24N8O/c1-3-14-9-30(22(34)23(13-24)5-6-23)11-17(14)28-19-16(20(25)33)8-27-32-12-18(29-21(19)32)15-7-26-31(4-2)10-15;1-3-11-5-20-8-14(11)23-16-13(17(19)27)7-22-26-10-15(24-18(16)26)12-6-21-25(4-2)9-12/h7-8,10,12,14,17,28H,3-6,9,11H2,1-2H3,(H2,25,33);6-7,9-11,14,20,23H,3-5,8H2,1-2H3,(H2,19,27)/t14-,17+;11-,14+/m00/s1. The van der Waals surface area contributed by atoms with Gasteiger partial charge in [-0.05, 0) is 44.9 Å². The third kappa shape index (κ3) is 7.83. The Morgan fingerprint density at radius 3 is 1.70 bits per heavy atom. The second-order valence-corrected chi connectivity index (χ2v) is 16.0. The van der Waals surface area contributed by atoms with E-state index in [0.29, 0.717) is 65.8 Å². The van der Waals surface area contributed by atoms with Gasteiger partial charge in [-0.2, -0.15) is 25.7 Å². The summed E-state index contributed by atoms with van der Waals surface area (Å²) < 4.78 is 6.94. The van der Waals surface area contributed by atoms with E-state index in [1.165, 1.54) is 12.4 Å². The van der Waals surface area contributed by atoms with Gasteiger partial charge in [0.1, 0.15) is 5.41 Å². The van der Waals surface area contributed by atoms with Crippen LogP contribution in [0.25, 0.3) is 33.8 Å². The fourth-order valence-corrected chi connectivity index (χ4v) is 8.26. The number of primary amides is 2. The predicted molar refractivity (Wildman–Crippen MR) is 226 cm³/mol. The van der Waals surface area contributed by atoms with Crippen LogP contribution < -0.4 is 27.4 Å². The number of anilines is 2. The topological polar surface area (TPSA) is 262 Å². The van der Waals surface area contributed by atoms with Gasteiger partial charge >= 0.3 is 0 Å². The summed E-state index contributed by atoms with van der Waals surface area (Å²) >= 11 is 0. The lowest BCUT2D eigenvalue weighted by Gasteiger charge is -2.21. The van der Waals surface area contributed by atoms with E-state index in [1.807, 2.05) is 41.8 Å². The van der Waals surface area contributed by atoms with Crippen molar-refractivity contribution in [3.05, 3.63) is 60.7 Å². The normalized spacial score (nSPS) is 20.3. The number of likely N-dealkylation sites (tertiary alicyclic amines) is 1. The van der Waals surface area contributed by atoms with E-state index < -0.39 is 17.2 Å². The molecule has 318 valence electrons. The molecule has 0 bridgehead atoms. The lowest BCUT2D eigenvalue weighted by atomic mass is 10.0. The van der Waals surface area contributed by atoms with Crippen LogP contribution in [0.15, 0.2) is 49.6 Å². The van der Waals surface area contributed by atoms with Crippen molar-refractivity contribution in [2.45, 2.75) is 78.6 Å². The van der Waals surface area contributed by atoms with Crippen LogP contribution in [-0.4, -0.2) is 110 Å². The van der Waals surface area contributed by atoms with Gasteiger partial charge in [-0.1, -0.05) is 20.3 Å². The minimum Gasteiger partial charge on any atom is -0.377 e. The van der Waals surface area contributed by atoms with Crippen molar-refractivity contribution in [2.24, 2.45) is 28.7 Å². The Labute approximate surface area is 351 Å². The number of hydrogen-bond donors (Lipinski definition) is 5. The van der Waals surface area contributed by atoms with Gasteiger partial charge in [-0.3, -0.25) is 23.7 Å². The summed E-state index contributed by atoms with van der Waals surface area (Å²) in [6.45, 7) is 12.6. The number of nitrogens with one attached hydrogen (secondary N) is 3. The molecule has 1 saturated carbocycles. The number of aromatic nitrogens is 10. The van der Waals surface area contributed by atoms with Crippen molar-refractivity contribution in [3.8, 4) is 28.6 Å². The molecule has 3 aliphatic rings. The van der Waals surface area contributed by atoms with E-state index in [2.05, 4.69) is 56.3 Å². The highest BCUT2D eigenvalue weighted by atomic mass is 16.2. The SMILES string of the molecule is CC[C@H]1CN(C(=O)C2(C#N)CC2)C[C@H]1Nc1c(C(N)=O)cnn2cc(-c3cnn(CC)c3)nc12.CC[C@H]1CNC[C@H]1Nc1c(C(N)=O)cnn2cc(-c3cnn(CC)c3)nc12. The zero-order chi connectivity index (χ0) is 43.0. The van der Waals surface area contributed by atoms with Crippen molar-refractivity contribution in [1.29, 1.82) is 5.26 Å². The zero-order valence-corrected chi connectivity index (χ0v) is 34.7. The maximum absolute atomic E-state index is 13.0. The molecule has 20 heteroatoms. The molecule has 3 fully saturated rings. The summed E-state index contributed by atoms with van der Waals surface area (Å²) in [5, 5.41) is 37.1. The average Bonchev–Trinajstić information content (AvgIpc) is 3.99. The van der Waals surface area contributed by atoms with Crippen LogP contribution in [0.4, 0.5) is 11.4 Å². The third-order valence-corrected chi connectivity index (χ3v) is 12.2. The van der Waals surface area contributed by atoms with E-state index >= 15 is 0 Å². The molecule has 2 aliphatic heterocycles. The first-order valence-corrected chi connectivity index (χ1v) is 20.9. The van der Waals surface area contributed by atoms with Crippen LogP contribution in [0.5, 0.6) is 0 Å². The molecule has 6 aromatic rings. The van der Waals surface area contributed by atoms with Gasteiger partial charge in [-0.15, -0.1) is 0 Å². The van der Waals surface area contributed by atoms with Crippen LogP contribution >= 0.6 is 0 Å². The van der Waals surface area contributed by atoms with Crippen molar-refractivity contribution in [3.63, 3.8) is 0 Å². The Kier molecular flexibility index (Phi) is 11.2. The molecule has 6 aromatic heterocycles. The Bertz CT molecular complexity index is 2650. The van der Waals surface area contributed by atoms with Gasteiger partial charge in [0.05, 0.1) is 77.1 Å². The zero-order valence-electron chi connectivity index (χ0n) is 34.7. The number of amides is 3. The maximum Gasteiger partial charge on any atom is 0.252 e. The number of nitriles is 1. The van der Waals surface area contributed by atoms with Crippen LogP contribution in [0.2, 0.25) is 0 Å². The summed E-state index contributed by atoms with van der Waals surface area (Å²) in [6, 6.07) is 2.29. The van der Waals surface area contributed by atoms with E-state index in [-0.39, 0.29) is 29.5 Å². The van der Waals surface area contributed by atoms with Gasteiger partial charge in [-0.25, -0.2) is 19.0 Å². The number of imidazole rings is 2.